The summed E-state index contributed by atoms with van der Waals surface area (Å²) in [5, 5.41) is 9.30. The Morgan fingerprint density at radius 3 is 1.48 bits per heavy atom. The van der Waals surface area contributed by atoms with Crippen LogP contribution in [0.4, 0.5) is 0 Å². The molecule has 0 rings (SSSR count). The van der Waals surface area contributed by atoms with E-state index in [0.717, 1.165) is 12.8 Å². The van der Waals surface area contributed by atoms with Crippen molar-refractivity contribution < 1.29 is 14.6 Å². The summed E-state index contributed by atoms with van der Waals surface area (Å²) < 4.78 is 5.18. The van der Waals surface area contributed by atoms with Crippen molar-refractivity contribution in [2.24, 2.45) is 23.7 Å². The minimum Gasteiger partial charge on any atom is -0.462 e. The van der Waals surface area contributed by atoms with E-state index in [0.29, 0.717) is 23.7 Å². The summed E-state index contributed by atoms with van der Waals surface area (Å²) in [6.07, 6.45) is 1.86. The van der Waals surface area contributed by atoms with Crippen molar-refractivity contribution in [3.8, 4) is 0 Å². The molecule has 1 N–H and O–H groups in total. The number of hydrogen-bond donors (Lipinski definition) is 1. The second kappa shape index (κ2) is 12.0. The molecule has 0 aromatic heterocycles. The number of aliphatic hydroxyl groups excluding tert-OH is 1. The Morgan fingerprint density at radius 1 is 0.857 bits per heavy atom. The lowest BCUT2D eigenvalue weighted by atomic mass is 9.97. The first-order valence-corrected chi connectivity index (χ1v) is 8.32. The summed E-state index contributed by atoms with van der Waals surface area (Å²) in [5.41, 5.74) is 0. The van der Waals surface area contributed by atoms with E-state index in [-0.39, 0.29) is 18.2 Å². The number of ether oxygens (including phenoxy) is 1. The Labute approximate surface area is 132 Å². The number of esters is 1. The molecule has 2 unspecified atom stereocenters. The quantitative estimate of drug-likeness (QED) is 0.695. The fourth-order valence-electron chi connectivity index (χ4n) is 1.89. The highest BCUT2D eigenvalue weighted by Crippen LogP contribution is 2.16. The number of hydrogen-bond acceptors (Lipinski definition) is 3. The van der Waals surface area contributed by atoms with E-state index >= 15 is 0 Å². The molecule has 0 bridgehead atoms. The summed E-state index contributed by atoms with van der Waals surface area (Å²) >= 11 is 0. The Kier molecular flexibility index (Phi) is 13.0. The third kappa shape index (κ3) is 15.6. The average molecular weight is 302 g/mol. The highest BCUT2D eigenvalue weighted by atomic mass is 16.5. The Bertz CT molecular complexity index is 257. The van der Waals surface area contributed by atoms with Crippen LogP contribution in [0.2, 0.25) is 0 Å². The molecule has 0 saturated heterocycles. The molecular weight excluding hydrogens is 264 g/mol. The van der Waals surface area contributed by atoms with Crippen molar-refractivity contribution in [3.05, 3.63) is 0 Å². The number of carbonyl (C=O) groups is 1. The van der Waals surface area contributed by atoms with Gasteiger partial charge in [0.05, 0.1) is 6.10 Å². The molecule has 3 heteroatoms. The monoisotopic (exact) mass is 302 g/mol. The molecule has 0 saturated carbocycles. The largest absolute Gasteiger partial charge is 0.462 e. The van der Waals surface area contributed by atoms with Crippen molar-refractivity contribution in [2.45, 2.75) is 87.4 Å². The second-order valence-corrected chi connectivity index (χ2v) is 7.46. The zero-order valence-corrected chi connectivity index (χ0v) is 15.6. The molecule has 0 aliphatic rings. The van der Waals surface area contributed by atoms with Gasteiger partial charge in [0.2, 0.25) is 0 Å². The van der Waals surface area contributed by atoms with Gasteiger partial charge in [-0.05, 0) is 36.5 Å². The molecular formula is C18H38O3. The maximum atomic E-state index is 10.7. The van der Waals surface area contributed by atoms with E-state index in [1.165, 1.54) is 6.92 Å². The first-order valence-electron chi connectivity index (χ1n) is 8.32. The first kappa shape index (κ1) is 22.7. The molecule has 0 amide bonds. The van der Waals surface area contributed by atoms with Gasteiger partial charge in [0.1, 0.15) is 6.10 Å². The van der Waals surface area contributed by atoms with E-state index in [1.54, 1.807) is 0 Å². The molecule has 2 atom stereocenters. The highest BCUT2D eigenvalue weighted by molar-refractivity contribution is 5.66. The van der Waals surface area contributed by atoms with Crippen LogP contribution in [0.25, 0.3) is 0 Å². The van der Waals surface area contributed by atoms with Crippen molar-refractivity contribution in [2.75, 3.05) is 0 Å². The van der Waals surface area contributed by atoms with Crippen molar-refractivity contribution in [1.29, 1.82) is 0 Å². The van der Waals surface area contributed by atoms with Crippen LogP contribution in [0, 0.1) is 23.7 Å². The summed E-state index contributed by atoms with van der Waals surface area (Å²) in [4.78, 5) is 10.7. The van der Waals surface area contributed by atoms with Gasteiger partial charge in [0.15, 0.2) is 0 Å². The number of carbonyl (C=O) groups excluding carboxylic acids is 1. The predicted molar refractivity (Wildman–Crippen MR) is 90.1 cm³/mol. The van der Waals surface area contributed by atoms with Crippen LogP contribution < -0.4 is 0 Å². The highest BCUT2D eigenvalue weighted by Gasteiger charge is 2.17. The van der Waals surface area contributed by atoms with E-state index in [9.17, 15) is 9.90 Å². The Hall–Kier alpha value is -0.570. The van der Waals surface area contributed by atoms with Crippen LogP contribution in [0.5, 0.6) is 0 Å². The van der Waals surface area contributed by atoms with E-state index in [2.05, 4.69) is 41.5 Å². The lowest BCUT2D eigenvalue weighted by molar-refractivity contribution is -0.149. The van der Waals surface area contributed by atoms with E-state index in [4.69, 9.17) is 4.74 Å². The molecule has 0 aliphatic heterocycles. The maximum Gasteiger partial charge on any atom is 0.302 e. The van der Waals surface area contributed by atoms with Crippen LogP contribution >= 0.6 is 0 Å². The molecule has 128 valence electrons. The summed E-state index contributed by atoms with van der Waals surface area (Å²) in [6, 6.07) is 0. The Morgan fingerprint density at radius 2 is 1.29 bits per heavy atom. The van der Waals surface area contributed by atoms with Crippen LogP contribution in [-0.2, 0) is 9.53 Å². The molecule has 0 aromatic rings. The van der Waals surface area contributed by atoms with Crippen molar-refractivity contribution >= 4 is 5.97 Å². The fraction of sp³-hybridized carbons (Fsp3) is 0.944. The normalized spacial score (nSPS) is 14.2. The fourth-order valence-corrected chi connectivity index (χ4v) is 1.89. The topological polar surface area (TPSA) is 46.5 Å². The lowest BCUT2D eigenvalue weighted by Crippen LogP contribution is -2.24. The molecule has 0 aromatic carbocycles. The molecule has 0 radical (unpaired) electrons. The zero-order chi connectivity index (χ0) is 17.2. The van der Waals surface area contributed by atoms with E-state index in [1.807, 2.05) is 13.8 Å². The number of rotatable bonds is 7. The first-order chi connectivity index (χ1) is 9.47. The van der Waals surface area contributed by atoms with Crippen LogP contribution in [-0.4, -0.2) is 23.3 Å². The van der Waals surface area contributed by atoms with Gasteiger partial charge in [0.25, 0.3) is 0 Å². The molecule has 21 heavy (non-hydrogen) atoms. The number of aliphatic hydroxyl groups is 1. The average Bonchev–Trinajstić information content (AvgIpc) is 2.26. The lowest BCUT2D eigenvalue weighted by Gasteiger charge is -2.22. The minimum atomic E-state index is -0.172. The maximum absolute atomic E-state index is 10.7. The Balaban J connectivity index is 0. The van der Waals surface area contributed by atoms with Crippen molar-refractivity contribution in [3.63, 3.8) is 0 Å². The molecule has 3 nitrogen and oxygen atoms in total. The third-order valence-electron chi connectivity index (χ3n) is 3.25. The minimum absolute atomic E-state index is 0.0856. The third-order valence-corrected chi connectivity index (χ3v) is 3.25. The van der Waals surface area contributed by atoms with Gasteiger partial charge in [-0.25, -0.2) is 0 Å². The molecule has 0 fully saturated rings. The van der Waals surface area contributed by atoms with Gasteiger partial charge < -0.3 is 9.84 Å². The summed E-state index contributed by atoms with van der Waals surface area (Å²) in [6.45, 7) is 18.3. The summed E-state index contributed by atoms with van der Waals surface area (Å²) in [5.74, 6) is 1.84. The van der Waals surface area contributed by atoms with Gasteiger partial charge in [-0.15, -0.1) is 0 Å². The standard InChI is InChI=1S/C10H20O2.C8H18O/c1-7(2)6-10(8(3)4)12-9(5)11;1-6(2)5-8(9)7(3)4/h7-8,10H,6H2,1-5H3;6-9H,5H2,1-4H3. The van der Waals surface area contributed by atoms with Gasteiger partial charge in [-0.1, -0.05) is 55.4 Å². The summed E-state index contributed by atoms with van der Waals surface area (Å²) in [7, 11) is 0. The zero-order valence-electron chi connectivity index (χ0n) is 15.6. The van der Waals surface area contributed by atoms with Crippen LogP contribution in [0.3, 0.4) is 0 Å². The van der Waals surface area contributed by atoms with Crippen molar-refractivity contribution in [1.82, 2.24) is 0 Å². The van der Waals surface area contributed by atoms with Crippen LogP contribution in [0.15, 0.2) is 0 Å². The molecule has 0 spiro atoms. The molecule has 0 heterocycles. The predicted octanol–water partition coefficient (Wildman–Crippen LogP) is 4.67. The SMILES string of the molecule is CC(=O)OC(CC(C)C)C(C)C.CC(C)CC(O)C(C)C. The van der Waals surface area contributed by atoms with Gasteiger partial charge >= 0.3 is 5.97 Å². The molecule has 0 aliphatic carbocycles. The smallest absolute Gasteiger partial charge is 0.302 e. The van der Waals surface area contributed by atoms with Crippen LogP contribution in [0.1, 0.15) is 75.2 Å². The van der Waals surface area contributed by atoms with Gasteiger partial charge in [-0.2, -0.15) is 0 Å². The van der Waals surface area contributed by atoms with Gasteiger partial charge in [-0.3, -0.25) is 4.79 Å². The van der Waals surface area contributed by atoms with Gasteiger partial charge in [0, 0.05) is 6.92 Å². The second-order valence-electron chi connectivity index (χ2n) is 7.46. The van der Waals surface area contributed by atoms with E-state index < -0.39 is 0 Å².